The van der Waals surface area contributed by atoms with Crippen molar-refractivity contribution in [2.45, 2.75) is 44.9 Å². The molecule has 1 aromatic heterocycles. The zero-order chi connectivity index (χ0) is 26.5. The van der Waals surface area contributed by atoms with Gasteiger partial charge in [-0.15, -0.1) is 11.3 Å². The monoisotopic (exact) mass is 575 g/mol. The number of ketones is 1. The molecule has 0 aliphatic heterocycles. The minimum Gasteiger partial charge on any atom is -0.464 e. The van der Waals surface area contributed by atoms with Crippen molar-refractivity contribution in [1.29, 1.82) is 0 Å². The summed E-state index contributed by atoms with van der Waals surface area (Å²) in [5.74, 6) is -1.87. The average molecular weight is 577 g/mol. The zero-order valence-corrected chi connectivity index (χ0v) is 22.6. The highest BCUT2D eigenvalue weighted by Crippen LogP contribution is 2.24. The molecule has 0 radical (unpaired) electrons. The van der Waals surface area contributed by atoms with Crippen molar-refractivity contribution in [1.82, 2.24) is 15.6 Å². The molecule has 0 saturated carbocycles. The van der Waals surface area contributed by atoms with Crippen LogP contribution in [0.4, 0.5) is 0 Å². The van der Waals surface area contributed by atoms with E-state index in [-0.39, 0.29) is 17.1 Å². The van der Waals surface area contributed by atoms with Crippen LogP contribution in [-0.2, 0) is 25.5 Å². The molecule has 192 valence electrons. The number of halogens is 1. The van der Waals surface area contributed by atoms with Gasteiger partial charge in [-0.2, -0.15) is 0 Å². The van der Waals surface area contributed by atoms with Gasteiger partial charge >= 0.3 is 5.97 Å². The molecule has 8 nitrogen and oxygen atoms in total. The van der Waals surface area contributed by atoms with E-state index in [4.69, 9.17) is 0 Å². The number of rotatable bonds is 15. The number of Topliss-reactive ketones (excluding diaryl/α,β-unsaturated/α-hetero) is 1. The molecular weight excluding hydrogens is 546 g/mol. The van der Waals surface area contributed by atoms with Gasteiger partial charge in [0, 0.05) is 29.1 Å². The number of amides is 2. The van der Waals surface area contributed by atoms with E-state index < -0.39 is 17.8 Å². The fourth-order valence-electron chi connectivity index (χ4n) is 3.18. The predicted octanol–water partition coefficient (Wildman–Crippen LogP) is 4.70. The van der Waals surface area contributed by atoms with Crippen molar-refractivity contribution < 1.29 is 23.9 Å². The van der Waals surface area contributed by atoms with Crippen molar-refractivity contribution in [2.24, 2.45) is 0 Å². The molecule has 36 heavy (non-hydrogen) atoms. The summed E-state index contributed by atoms with van der Waals surface area (Å²) in [6, 6.07) is 7.86. The SMILES string of the molecule is C=C(NC(=O)c1csc(-c2ccc(CCCC(=O)CCCCCBr)cc2)n1)C(=O)NC(=C)C(=O)OC. The number of alkyl halides is 1. The molecule has 0 aliphatic rings. The summed E-state index contributed by atoms with van der Waals surface area (Å²) >= 11 is 4.70. The second-order valence-corrected chi connectivity index (χ2v) is 9.63. The number of hydrogen-bond acceptors (Lipinski definition) is 7. The number of nitrogens with one attached hydrogen (secondary N) is 2. The molecule has 0 spiro atoms. The van der Waals surface area contributed by atoms with Crippen LogP contribution in [0.2, 0.25) is 0 Å². The van der Waals surface area contributed by atoms with E-state index in [0.717, 1.165) is 55.7 Å². The van der Waals surface area contributed by atoms with Gasteiger partial charge in [0.1, 0.15) is 22.2 Å². The van der Waals surface area contributed by atoms with Crippen molar-refractivity contribution in [3.05, 3.63) is 65.5 Å². The number of esters is 1. The maximum atomic E-state index is 12.5. The van der Waals surface area contributed by atoms with Gasteiger partial charge in [0.2, 0.25) is 0 Å². The molecule has 1 heterocycles. The second-order valence-electron chi connectivity index (χ2n) is 7.98. The fourth-order valence-corrected chi connectivity index (χ4v) is 4.38. The Kier molecular flexibility index (Phi) is 12.2. The number of methoxy groups -OCH3 is 1. The molecule has 2 rings (SSSR count). The van der Waals surface area contributed by atoms with Crippen LogP contribution >= 0.6 is 27.3 Å². The Labute approximate surface area is 223 Å². The van der Waals surface area contributed by atoms with Gasteiger partial charge < -0.3 is 15.4 Å². The van der Waals surface area contributed by atoms with Gasteiger partial charge in [0.15, 0.2) is 0 Å². The summed E-state index contributed by atoms with van der Waals surface area (Å²) in [5, 5.41) is 7.78. The molecular formula is C26H30BrN3O5S. The summed E-state index contributed by atoms with van der Waals surface area (Å²) in [6.07, 6.45) is 6.05. The molecule has 2 aromatic rings. The van der Waals surface area contributed by atoms with Crippen LogP contribution in [-0.4, -0.2) is 41.0 Å². The molecule has 0 saturated heterocycles. The second kappa shape index (κ2) is 15.1. The first-order valence-electron chi connectivity index (χ1n) is 11.5. The van der Waals surface area contributed by atoms with Crippen LogP contribution in [0.5, 0.6) is 0 Å². The maximum Gasteiger partial charge on any atom is 0.353 e. The molecule has 0 fully saturated rings. The summed E-state index contributed by atoms with van der Waals surface area (Å²) in [6.45, 7) is 6.89. The van der Waals surface area contributed by atoms with E-state index in [2.05, 4.69) is 49.4 Å². The lowest BCUT2D eigenvalue weighted by Crippen LogP contribution is -2.35. The number of hydrogen-bond donors (Lipinski definition) is 2. The summed E-state index contributed by atoms with van der Waals surface area (Å²) < 4.78 is 4.45. The Hall–Kier alpha value is -3.11. The zero-order valence-electron chi connectivity index (χ0n) is 20.2. The number of aromatic nitrogens is 1. The van der Waals surface area contributed by atoms with Crippen LogP contribution in [0.25, 0.3) is 10.6 Å². The highest BCUT2D eigenvalue weighted by molar-refractivity contribution is 9.09. The smallest absolute Gasteiger partial charge is 0.353 e. The number of ether oxygens (including phenoxy) is 1. The number of benzene rings is 1. The average Bonchev–Trinajstić information content (AvgIpc) is 3.37. The molecule has 1 aromatic carbocycles. The third-order valence-corrected chi connectivity index (χ3v) is 6.63. The van der Waals surface area contributed by atoms with Crippen LogP contribution in [0.1, 0.15) is 54.6 Å². The van der Waals surface area contributed by atoms with Gasteiger partial charge in [-0.25, -0.2) is 9.78 Å². The minimum absolute atomic E-state index is 0.134. The van der Waals surface area contributed by atoms with Crippen LogP contribution in [0.15, 0.2) is 54.2 Å². The Bertz CT molecular complexity index is 1110. The minimum atomic E-state index is -0.803. The number of carbonyl (C=O) groups is 4. The first-order chi connectivity index (χ1) is 17.2. The Morgan fingerprint density at radius 3 is 2.33 bits per heavy atom. The summed E-state index contributed by atoms with van der Waals surface area (Å²) in [5.41, 5.74) is 1.59. The number of nitrogens with zero attached hydrogens (tertiary/aromatic N) is 1. The number of aryl methyl sites for hydroxylation is 1. The van der Waals surface area contributed by atoms with Crippen molar-refractivity contribution in [2.75, 3.05) is 12.4 Å². The summed E-state index contributed by atoms with van der Waals surface area (Å²) in [4.78, 5) is 52.2. The van der Waals surface area contributed by atoms with Crippen LogP contribution in [0.3, 0.4) is 0 Å². The van der Waals surface area contributed by atoms with Crippen LogP contribution in [0, 0.1) is 0 Å². The highest BCUT2D eigenvalue weighted by atomic mass is 79.9. The predicted molar refractivity (Wildman–Crippen MR) is 144 cm³/mol. The van der Waals surface area contributed by atoms with E-state index >= 15 is 0 Å². The molecule has 0 aliphatic carbocycles. The first kappa shape index (κ1) is 29.1. The third-order valence-electron chi connectivity index (χ3n) is 5.18. The molecule has 0 unspecified atom stereocenters. The molecule has 2 N–H and O–H groups in total. The Morgan fingerprint density at radius 1 is 0.972 bits per heavy atom. The fraction of sp³-hybridized carbons (Fsp3) is 0.346. The quantitative estimate of drug-likeness (QED) is 0.138. The van der Waals surface area contributed by atoms with Gasteiger partial charge in [0.05, 0.1) is 12.8 Å². The lowest BCUT2D eigenvalue weighted by atomic mass is 10.0. The first-order valence-corrected chi connectivity index (χ1v) is 13.5. The topological polar surface area (TPSA) is 114 Å². The van der Waals surface area contributed by atoms with Gasteiger partial charge in [-0.3, -0.25) is 14.4 Å². The van der Waals surface area contributed by atoms with Crippen molar-refractivity contribution in [3.8, 4) is 10.6 Å². The lowest BCUT2D eigenvalue weighted by molar-refractivity contribution is -0.137. The normalized spacial score (nSPS) is 10.4. The third kappa shape index (κ3) is 9.50. The van der Waals surface area contributed by atoms with Gasteiger partial charge in [0.25, 0.3) is 11.8 Å². The standard InChI is InChI=1S/C26H30BrN3O5S/c1-17(23(32)29-18(2)26(34)35-3)28-24(33)22-16-36-25(30-22)20-13-11-19(12-14-20)8-7-10-21(31)9-5-4-6-15-27/h11-14,16H,1-2,4-10,15H2,3H3,(H,28,33)(H,29,32). The largest absolute Gasteiger partial charge is 0.464 e. The maximum absolute atomic E-state index is 12.5. The van der Waals surface area contributed by atoms with Crippen LogP contribution < -0.4 is 10.6 Å². The molecule has 2 amide bonds. The highest BCUT2D eigenvalue weighted by Gasteiger charge is 2.18. The molecule has 0 bridgehead atoms. The molecule has 10 heteroatoms. The Balaban J connectivity index is 1.84. The molecule has 0 atom stereocenters. The van der Waals surface area contributed by atoms with Crippen molar-refractivity contribution in [3.63, 3.8) is 0 Å². The Morgan fingerprint density at radius 2 is 1.67 bits per heavy atom. The van der Waals surface area contributed by atoms with Crippen molar-refractivity contribution >= 4 is 50.8 Å². The van der Waals surface area contributed by atoms with E-state index in [0.29, 0.717) is 23.6 Å². The van der Waals surface area contributed by atoms with E-state index in [1.807, 2.05) is 24.3 Å². The van der Waals surface area contributed by atoms with E-state index in [9.17, 15) is 19.2 Å². The number of thiazole rings is 1. The number of unbranched alkanes of at least 4 members (excludes halogenated alkanes) is 2. The van der Waals surface area contributed by atoms with E-state index in [1.165, 1.54) is 11.3 Å². The van der Waals surface area contributed by atoms with Gasteiger partial charge in [-0.1, -0.05) is 59.8 Å². The number of carbonyl (C=O) groups excluding carboxylic acids is 4. The van der Waals surface area contributed by atoms with Gasteiger partial charge in [-0.05, 0) is 31.2 Å². The lowest BCUT2D eigenvalue weighted by Gasteiger charge is -2.09. The van der Waals surface area contributed by atoms with E-state index in [1.54, 1.807) is 5.38 Å². The summed E-state index contributed by atoms with van der Waals surface area (Å²) in [7, 11) is 1.15.